The summed E-state index contributed by atoms with van der Waals surface area (Å²) >= 11 is 0. The highest BCUT2D eigenvalue weighted by molar-refractivity contribution is 6.88. The van der Waals surface area contributed by atoms with Crippen molar-refractivity contribution in [1.82, 2.24) is 18.6 Å². The molecule has 6 nitrogen and oxygen atoms in total. The van der Waals surface area contributed by atoms with Crippen LogP contribution in [0.25, 0.3) is 66.7 Å². The largest absolute Gasteiger partial charge is 0.458 e. The zero-order valence-corrected chi connectivity index (χ0v) is 29.0. The van der Waals surface area contributed by atoms with E-state index in [4.69, 9.17) is 13.8 Å². The number of rotatable bonds is 6. The summed E-state index contributed by atoms with van der Waals surface area (Å²) in [4.78, 5) is 5.02. The van der Waals surface area contributed by atoms with E-state index in [0.29, 0.717) is 17.0 Å². The lowest BCUT2D eigenvalue weighted by molar-refractivity contribution is -0.649. The third kappa shape index (κ3) is 4.61. The molecule has 7 aromatic carbocycles. The van der Waals surface area contributed by atoms with Gasteiger partial charge >= 0.3 is 6.85 Å². The number of ether oxygens (including phenoxy) is 1. The molecule has 254 valence electrons. The number of benzene rings is 7. The fourth-order valence-corrected chi connectivity index (χ4v) is 8.36. The Morgan fingerprint density at radius 3 is 2.19 bits per heavy atom. The van der Waals surface area contributed by atoms with E-state index in [0.717, 1.165) is 50.1 Å². The van der Waals surface area contributed by atoms with Gasteiger partial charge in [-0.25, -0.2) is 4.98 Å². The molecule has 0 N–H and O–H groups in total. The van der Waals surface area contributed by atoms with Crippen LogP contribution in [0.1, 0.15) is 4.11 Å². The Balaban J connectivity index is 1.06. The Labute approximate surface area is 316 Å². The molecular formula is C47H32BN5O. The summed E-state index contributed by atoms with van der Waals surface area (Å²) in [7, 11) is 0. The van der Waals surface area contributed by atoms with Gasteiger partial charge in [0.05, 0.1) is 38.8 Å². The Bertz CT molecular complexity index is 3110. The summed E-state index contributed by atoms with van der Waals surface area (Å²) in [6.45, 7) is -2.53. The molecule has 0 saturated heterocycles. The molecule has 1 aliphatic heterocycles. The minimum absolute atomic E-state index is 0.154. The van der Waals surface area contributed by atoms with Gasteiger partial charge in [0.25, 0.3) is 0 Å². The molecule has 11 rings (SSSR count). The summed E-state index contributed by atoms with van der Waals surface area (Å²) in [5.74, 6) is 2.11. The van der Waals surface area contributed by atoms with Crippen LogP contribution >= 0.6 is 0 Å². The maximum absolute atomic E-state index is 8.08. The van der Waals surface area contributed by atoms with Gasteiger partial charge in [0, 0.05) is 29.2 Å². The predicted octanol–water partition coefficient (Wildman–Crippen LogP) is 8.64. The molecule has 0 fully saturated rings. The molecule has 3 aromatic heterocycles. The van der Waals surface area contributed by atoms with Crippen molar-refractivity contribution in [3.05, 3.63) is 183 Å². The summed E-state index contributed by atoms with van der Waals surface area (Å²) in [6.07, 6.45) is 7.04. The average molecular weight is 697 g/mol. The lowest BCUT2D eigenvalue weighted by atomic mass is 9.46. The first kappa shape index (κ1) is 27.5. The van der Waals surface area contributed by atoms with E-state index in [1.807, 2.05) is 54.7 Å². The molecule has 10 aromatic rings. The van der Waals surface area contributed by atoms with Crippen molar-refractivity contribution >= 4 is 50.6 Å². The Morgan fingerprint density at radius 2 is 1.39 bits per heavy atom. The smallest absolute Gasteiger partial charge is 0.334 e. The van der Waals surface area contributed by atoms with Crippen molar-refractivity contribution in [2.75, 3.05) is 0 Å². The van der Waals surface area contributed by atoms with E-state index in [-0.39, 0.29) is 6.85 Å². The molecule has 54 heavy (non-hydrogen) atoms. The van der Waals surface area contributed by atoms with Gasteiger partial charge in [0.1, 0.15) is 11.5 Å². The number of aryl methyl sites for hydroxylation is 1. The molecule has 4 heterocycles. The number of fused-ring (bicyclic) bond motifs is 6. The van der Waals surface area contributed by atoms with Crippen LogP contribution in [0.2, 0.25) is 0 Å². The van der Waals surface area contributed by atoms with Crippen molar-refractivity contribution in [3.63, 3.8) is 0 Å². The molecule has 0 aliphatic carbocycles. The zero-order chi connectivity index (χ0) is 38.3. The van der Waals surface area contributed by atoms with E-state index >= 15 is 0 Å². The van der Waals surface area contributed by atoms with Crippen molar-refractivity contribution in [3.8, 4) is 45.4 Å². The number of nitrogens with zero attached hydrogens (tertiary/aromatic N) is 5. The van der Waals surface area contributed by atoms with E-state index in [1.54, 1.807) is 10.6 Å². The summed E-state index contributed by atoms with van der Waals surface area (Å²) in [6, 6.07) is 55.8. The molecule has 0 radical (unpaired) electrons. The van der Waals surface area contributed by atoms with E-state index < -0.39 is 6.98 Å². The van der Waals surface area contributed by atoms with Crippen molar-refractivity contribution in [1.29, 1.82) is 0 Å². The number of para-hydroxylation sites is 3. The molecule has 7 heteroatoms. The van der Waals surface area contributed by atoms with Crippen molar-refractivity contribution < 1.29 is 13.4 Å². The van der Waals surface area contributed by atoms with Gasteiger partial charge in [-0.15, -0.1) is 0 Å². The van der Waals surface area contributed by atoms with Gasteiger partial charge in [0.2, 0.25) is 12.3 Å². The second kappa shape index (κ2) is 12.0. The minimum Gasteiger partial charge on any atom is -0.458 e. The molecule has 0 atom stereocenters. The van der Waals surface area contributed by atoms with Crippen LogP contribution in [0.15, 0.2) is 176 Å². The van der Waals surface area contributed by atoms with Crippen LogP contribution < -0.4 is 20.2 Å². The highest BCUT2D eigenvalue weighted by Crippen LogP contribution is 2.37. The summed E-state index contributed by atoms with van der Waals surface area (Å²) in [5, 5.41) is 2.25. The topological polar surface area (TPSA) is 40.8 Å². The summed E-state index contributed by atoms with van der Waals surface area (Å²) in [5.41, 5.74) is 11.2. The fourth-order valence-electron chi connectivity index (χ4n) is 8.36. The summed E-state index contributed by atoms with van der Waals surface area (Å²) < 4.78 is 38.4. The normalized spacial score (nSPS) is 13.2. The highest BCUT2D eigenvalue weighted by atomic mass is 16.5. The SMILES string of the molecule is [2H]C([2H])([2H])[n+]1[c-]n(-c2cccc(Oc3ccc4c5cccc6c5n(c4c3)-c3nccn3B6c3c(-c4ccccc4)cccc3-c3ccccc3)c2)c2ccccc21. The van der Waals surface area contributed by atoms with Gasteiger partial charge in [-0.2, -0.15) is 0 Å². The van der Waals surface area contributed by atoms with Gasteiger partial charge in [-0.1, -0.05) is 133 Å². The number of hydrogen-bond donors (Lipinski definition) is 0. The fraction of sp³-hybridized carbons (Fsp3) is 0.0213. The zero-order valence-electron chi connectivity index (χ0n) is 32.0. The van der Waals surface area contributed by atoms with Crippen molar-refractivity contribution in [2.45, 2.75) is 0 Å². The maximum Gasteiger partial charge on any atom is 0.334 e. The number of hydrogen-bond acceptors (Lipinski definition) is 2. The average Bonchev–Trinajstić information content (AvgIpc) is 3.97. The van der Waals surface area contributed by atoms with Crippen molar-refractivity contribution in [2.24, 2.45) is 6.98 Å². The third-order valence-electron chi connectivity index (χ3n) is 10.6. The Hall–Kier alpha value is -7.12. The van der Waals surface area contributed by atoms with Gasteiger partial charge in [-0.05, 0) is 57.4 Å². The van der Waals surface area contributed by atoms with E-state index in [1.165, 1.54) is 26.6 Å². The first-order valence-corrected chi connectivity index (χ1v) is 18.0. The lowest BCUT2D eigenvalue weighted by Gasteiger charge is -2.29. The molecule has 1 aliphatic rings. The van der Waals surface area contributed by atoms with E-state index in [2.05, 4.69) is 131 Å². The first-order valence-electron chi connectivity index (χ1n) is 19.5. The van der Waals surface area contributed by atoms with Gasteiger partial charge < -0.3 is 18.3 Å². The third-order valence-corrected chi connectivity index (χ3v) is 10.6. The molecular weight excluding hydrogens is 661 g/mol. The molecule has 0 bridgehead atoms. The highest BCUT2D eigenvalue weighted by Gasteiger charge is 2.37. The van der Waals surface area contributed by atoms with Crippen LogP contribution in [-0.4, -0.2) is 25.4 Å². The lowest BCUT2D eigenvalue weighted by Crippen LogP contribution is -2.53. The molecule has 0 spiro atoms. The second-order valence-electron chi connectivity index (χ2n) is 13.7. The van der Waals surface area contributed by atoms with Gasteiger partial charge in [-0.3, -0.25) is 4.57 Å². The first-order chi connectivity index (χ1) is 27.9. The molecule has 0 unspecified atom stereocenters. The monoisotopic (exact) mass is 696 g/mol. The number of aromatic nitrogens is 5. The minimum atomic E-state index is -2.38. The van der Waals surface area contributed by atoms with Crippen LogP contribution in [0.4, 0.5) is 0 Å². The number of imidazole rings is 2. The van der Waals surface area contributed by atoms with Crippen LogP contribution in [0.5, 0.6) is 11.5 Å². The predicted molar refractivity (Wildman–Crippen MR) is 218 cm³/mol. The molecule has 0 saturated carbocycles. The second-order valence-corrected chi connectivity index (χ2v) is 13.7. The quantitative estimate of drug-likeness (QED) is 0.0993. The molecule has 0 amide bonds. The maximum atomic E-state index is 8.08. The van der Waals surface area contributed by atoms with Crippen LogP contribution in [-0.2, 0) is 6.98 Å². The van der Waals surface area contributed by atoms with Crippen LogP contribution in [0.3, 0.4) is 0 Å². The van der Waals surface area contributed by atoms with Gasteiger partial charge in [0.15, 0.2) is 0 Å². The van der Waals surface area contributed by atoms with E-state index in [9.17, 15) is 0 Å². The standard InChI is InChI=1S/C47H32BN5O/c1-50-31-51(43-24-9-8-23-42(43)50)34-17-10-18-35(29-34)54-36-25-26-39-40-21-12-22-41-46(40)53(44(39)30-36)47-49-27-28-52(47)48(41)45-37(32-13-4-2-5-14-32)19-11-20-38(45)33-15-6-3-7-16-33/h2-30H,1H3/i1D3. The van der Waals surface area contributed by atoms with Crippen LogP contribution in [0, 0.1) is 6.33 Å². The Kier molecular flexibility index (Phi) is 6.10. The Morgan fingerprint density at radius 1 is 0.667 bits per heavy atom.